The van der Waals surface area contributed by atoms with Crippen molar-refractivity contribution in [1.29, 1.82) is 0 Å². The van der Waals surface area contributed by atoms with E-state index in [1.165, 1.54) is 0 Å². The Morgan fingerprint density at radius 2 is 2.25 bits per heavy atom. The van der Waals surface area contributed by atoms with Gasteiger partial charge in [0.25, 0.3) is 5.91 Å². The van der Waals surface area contributed by atoms with E-state index in [2.05, 4.69) is 10.3 Å². The minimum Gasteiger partial charge on any atom is -0.497 e. The van der Waals surface area contributed by atoms with Crippen LogP contribution in [-0.2, 0) is 24.4 Å². The Morgan fingerprint density at radius 1 is 1.38 bits per heavy atom. The third-order valence-electron chi connectivity index (χ3n) is 4.65. The highest BCUT2D eigenvalue weighted by atomic mass is 16.5. The van der Waals surface area contributed by atoms with Crippen LogP contribution >= 0.6 is 0 Å². The van der Waals surface area contributed by atoms with Crippen LogP contribution in [-0.4, -0.2) is 46.1 Å². The van der Waals surface area contributed by atoms with Gasteiger partial charge in [-0.3, -0.25) is 9.48 Å². The fraction of sp³-hybridized carbons (Fsp3) is 0.471. The van der Waals surface area contributed by atoms with E-state index in [9.17, 15) is 4.79 Å². The van der Waals surface area contributed by atoms with Gasteiger partial charge in [-0.2, -0.15) is 0 Å². The van der Waals surface area contributed by atoms with E-state index in [0.717, 1.165) is 43.1 Å². The van der Waals surface area contributed by atoms with Crippen molar-refractivity contribution in [3.05, 3.63) is 41.2 Å². The lowest BCUT2D eigenvalue weighted by atomic mass is 10.1. The molecule has 4 rings (SSSR count). The first-order valence-corrected chi connectivity index (χ1v) is 8.16. The van der Waals surface area contributed by atoms with Gasteiger partial charge in [0.15, 0.2) is 5.69 Å². The standard InChI is InChI=1S/C17H20N4O3/c1-23-15-3-2-13-8-20(9-14(13)6-15)17(22)16-10-21(19-18-16)7-12-4-5-24-11-12/h2-3,6,10,12H,4-5,7-9,11H2,1H3. The van der Waals surface area contributed by atoms with E-state index in [1.54, 1.807) is 22.9 Å². The predicted octanol–water partition coefficient (Wildman–Crippen LogP) is 1.48. The average Bonchev–Trinajstić information content (AvgIpc) is 3.34. The smallest absolute Gasteiger partial charge is 0.276 e. The SMILES string of the molecule is COc1ccc2c(c1)CN(C(=O)c1cn(CC3CCOC3)nn1)C2. The summed E-state index contributed by atoms with van der Waals surface area (Å²) in [4.78, 5) is 14.5. The summed E-state index contributed by atoms with van der Waals surface area (Å²) in [5.41, 5.74) is 2.67. The van der Waals surface area contributed by atoms with E-state index in [0.29, 0.717) is 24.7 Å². The first-order chi connectivity index (χ1) is 11.7. The molecule has 1 aromatic heterocycles. The zero-order valence-corrected chi connectivity index (χ0v) is 13.6. The second-order valence-corrected chi connectivity index (χ2v) is 6.35. The molecule has 1 atom stereocenters. The number of nitrogens with zero attached hydrogens (tertiary/aromatic N) is 4. The van der Waals surface area contributed by atoms with Crippen LogP contribution in [0.4, 0.5) is 0 Å². The molecule has 7 heteroatoms. The predicted molar refractivity (Wildman–Crippen MR) is 85.5 cm³/mol. The number of hydrogen-bond acceptors (Lipinski definition) is 5. The van der Waals surface area contributed by atoms with Crippen molar-refractivity contribution in [2.24, 2.45) is 5.92 Å². The highest BCUT2D eigenvalue weighted by molar-refractivity contribution is 5.92. The number of amides is 1. The Labute approximate surface area is 140 Å². The Balaban J connectivity index is 1.44. The van der Waals surface area contributed by atoms with Crippen LogP contribution in [0.1, 0.15) is 28.0 Å². The van der Waals surface area contributed by atoms with Gasteiger partial charge in [0.2, 0.25) is 0 Å². The molecule has 126 valence electrons. The van der Waals surface area contributed by atoms with Crippen LogP contribution in [0.15, 0.2) is 24.4 Å². The van der Waals surface area contributed by atoms with Gasteiger partial charge in [-0.25, -0.2) is 0 Å². The lowest BCUT2D eigenvalue weighted by Crippen LogP contribution is -2.25. The molecule has 3 heterocycles. The molecule has 2 aliphatic rings. The quantitative estimate of drug-likeness (QED) is 0.850. The number of carbonyl (C=O) groups excluding carboxylic acids is 1. The van der Waals surface area contributed by atoms with Crippen molar-refractivity contribution in [3.8, 4) is 5.75 Å². The van der Waals surface area contributed by atoms with E-state index in [-0.39, 0.29) is 5.91 Å². The topological polar surface area (TPSA) is 69.5 Å². The summed E-state index contributed by atoms with van der Waals surface area (Å²) in [6, 6.07) is 5.92. The minimum atomic E-state index is -0.0842. The Bertz CT molecular complexity index is 752. The molecule has 2 aliphatic heterocycles. The molecule has 1 aromatic carbocycles. The van der Waals surface area contributed by atoms with Crippen molar-refractivity contribution >= 4 is 5.91 Å². The number of carbonyl (C=O) groups is 1. The van der Waals surface area contributed by atoms with Gasteiger partial charge in [-0.1, -0.05) is 11.3 Å². The van der Waals surface area contributed by atoms with Crippen molar-refractivity contribution < 1.29 is 14.3 Å². The monoisotopic (exact) mass is 328 g/mol. The van der Waals surface area contributed by atoms with Crippen LogP contribution in [0.5, 0.6) is 5.75 Å². The number of rotatable bonds is 4. The first-order valence-electron chi connectivity index (χ1n) is 8.16. The van der Waals surface area contributed by atoms with E-state index < -0.39 is 0 Å². The second kappa shape index (κ2) is 6.24. The van der Waals surface area contributed by atoms with Gasteiger partial charge >= 0.3 is 0 Å². The highest BCUT2D eigenvalue weighted by Crippen LogP contribution is 2.27. The molecule has 24 heavy (non-hydrogen) atoms. The largest absolute Gasteiger partial charge is 0.497 e. The number of methoxy groups -OCH3 is 1. The van der Waals surface area contributed by atoms with Gasteiger partial charge < -0.3 is 14.4 Å². The molecular weight excluding hydrogens is 308 g/mol. The fourth-order valence-electron chi connectivity index (χ4n) is 3.28. The number of benzene rings is 1. The molecule has 2 aromatic rings. The lowest BCUT2D eigenvalue weighted by Gasteiger charge is -2.13. The van der Waals surface area contributed by atoms with Gasteiger partial charge in [0.05, 0.1) is 19.9 Å². The third kappa shape index (κ3) is 2.87. The Kier molecular flexibility index (Phi) is 3.93. The normalized spacial score (nSPS) is 19.5. The van der Waals surface area contributed by atoms with E-state index in [4.69, 9.17) is 9.47 Å². The summed E-state index contributed by atoms with van der Waals surface area (Å²) in [7, 11) is 1.65. The molecule has 1 saturated heterocycles. The molecule has 1 amide bonds. The lowest BCUT2D eigenvalue weighted by molar-refractivity contribution is 0.0745. The molecule has 1 unspecified atom stereocenters. The third-order valence-corrected chi connectivity index (χ3v) is 4.65. The van der Waals surface area contributed by atoms with Crippen LogP contribution in [0.2, 0.25) is 0 Å². The van der Waals surface area contributed by atoms with Crippen molar-refractivity contribution in [1.82, 2.24) is 19.9 Å². The maximum absolute atomic E-state index is 12.7. The molecule has 7 nitrogen and oxygen atoms in total. The van der Waals surface area contributed by atoms with Crippen LogP contribution in [0.3, 0.4) is 0 Å². The summed E-state index contributed by atoms with van der Waals surface area (Å²) < 4.78 is 12.4. The van der Waals surface area contributed by atoms with Gasteiger partial charge in [-0.15, -0.1) is 5.10 Å². The van der Waals surface area contributed by atoms with E-state index in [1.807, 2.05) is 18.2 Å². The zero-order chi connectivity index (χ0) is 16.5. The zero-order valence-electron chi connectivity index (χ0n) is 13.6. The fourth-order valence-corrected chi connectivity index (χ4v) is 3.28. The van der Waals surface area contributed by atoms with Crippen LogP contribution in [0.25, 0.3) is 0 Å². The van der Waals surface area contributed by atoms with Crippen molar-refractivity contribution in [3.63, 3.8) is 0 Å². The number of ether oxygens (including phenoxy) is 2. The summed E-state index contributed by atoms with van der Waals surface area (Å²) in [6.45, 7) is 3.49. The van der Waals surface area contributed by atoms with Gasteiger partial charge in [-0.05, 0) is 29.7 Å². The number of hydrogen-bond donors (Lipinski definition) is 0. The highest BCUT2D eigenvalue weighted by Gasteiger charge is 2.27. The molecule has 0 saturated carbocycles. The molecule has 0 spiro atoms. The average molecular weight is 328 g/mol. The molecule has 0 radical (unpaired) electrons. The number of fused-ring (bicyclic) bond motifs is 1. The molecule has 0 aliphatic carbocycles. The number of aromatic nitrogens is 3. The summed E-state index contributed by atoms with van der Waals surface area (Å²) in [6.07, 6.45) is 2.77. The van der Waals surface area contributed by atoms with Crippen molar-refractivity contribution in [2.75, 3.05) is 20.3 Å². The molecule has 0 N–H and O–H groups in total. The maximum Gasteiger partial charge on any atom is 0.276 e. The minimum absolute atomic E-state index is 0.0842. The molecule has 0 bridgehead atoms. The van der Waals surface area contributed by atoms with Crippen LogP contribution in [0, 0.1) is 5.92 Å². The van der Waals surface area contributed by atoms with Crippen LogP contribution < -0.4 is 4.74 Å². The molecule has 1 fully saturated rings. The van der Waals surface area contributed by atoms with Gasteiger partial charge in [0.1, 0.15) is 5.75 Å². The maximum atomic E-state index is 12.7. The Morgan fingerprint density at radius 3 is 3.04 bits per heavy atom. The summed E-state index contributed by atoms with van der Waals surface area (Å²) in [5.74, 6) is 1.19. The van der Waals surface area contributed by atoms with Crippen molar-refractivity contribution in [2.45, 2.75) is 26.1 Å². The first kappa shape index (κ1) is 15.1. The summed E-state index contributed by atoms with van der Waals surface area (Å²) in [5, 5.41) is 8.15. The second-order valence-electron chi connectivity index (χ2n) is 6.35. The molecular formula is C17H20N4O3. The summed E-state index contributed by atoms with van der Waals surface area (Å²) >= 11 is 0. The van der Waals surface area contributed by atoms with Gasteiger partial charge in [0, 0.05) is 32.2 Å². The Hall–Kier alpha value is -2.41. The van der Waals surface area contributed by atoms with E-state index >= 15 is 0 Å².